The van der Waals surface area contributed by atoms with Crippen molar-refractivity contribution < 1.29 is 14.3 Å². The Labute approximate surface area is 118 Å². The summed E-state index contributed by atoms with van der Waals surface area (Å²) >= 11 is 0. The molecule has 3 amide bonds. The molecular weight excluding hydrogens is 258 g/mol. The van der Waals surface area contributed by atoms with Gasteiger partial charge in [-0.2, -0.15) is 0 Å². The highest BCUT2D eigenvalue weighted by Crippen LogP contribution is 2.14. The second-order valence-electron chi connectivity index (χ2n) is 4.33. The Hall–Kier alpha value is -2.08. The van der Waals surface area contributed by atoms with Crippen LogP contribution in [0.3, 0.4) is 0 Å². The van der Waals surface area contributed by atoms with Crippen LogP contribution < -0.4 is 16.4 Å². The molecule has 0 aliphatic rings. The average molecular weight is 279 g/mol. The Bertz CT molecular complexity index is 475. The number of aryl methyl sites for hydroxylation is 1. The molecule has 6 nitrogen and oxygen atoms in total. The van der Waals surface area contributed by atoms with E-state index in [1.165, 1.54) is 0 Å². The lowest BCUT2D eigenvalue weighted by atomic mass is 10.1. The minimum atomic E-state index is -0.477. The number of anilines is 1. The van der Waals surface area contributed by atoms with Gasteiger partial charge in [-0.05, 0) is 44.0 Å². The second kappa shape index (κ2) is 8.16. The van der Waals surface area contributed by atoms with E-state index in [1.54, 1.807) is 25.1 Å². The zero-order valence-corrected chi connectivity index (χ0v) is 11.9. The number of hydrogen-bond donors (Lipinski definition) is 3. The summed E-state index contributed by atoms with van der Waals surface area (Å²) in [6, 6.07) is 4.67. The van der Waals surface area contributed by atoms with Gasteiger partial charge in [-0.3, -0.25) is 4.79 Å². The fraction of sp³-hybridized carbons (Fsp3) is 0.429. The lowest BCUT2D eigenvalue weighted by Crippen LogP contribution is -2.30. The number of benzene rings is 1. The van der Waals surface area contributed by atoms with Crippen LogP contribution in [0.25, 0.3) is 0 Å². The molecule has 0 radical (unpaired) electrons. The van der Waals surface area contributed by atoms with Gasteiger partial charge in [-0.25, -0.2) is 4.79 Å². The molecule has 0 saturated carbocycles. The predicted octanol–water partition coefficient (Wildman–Crippen LogP) is 1.64. The van der Waals surface area contributed by atoms with Gasteiger partial charge in [-0.15, -0.1) is 0 Å². The normalized spacial score (nSPS) is 10.1. The van der Waals surface area contributed by atoms with Crippen LogP contribution in [0, 0.1) is 6.92 Å². The molecule has 0 aliphatic carbocycles. The van der Waals surface area contributed by atoms with Gasteiger partial charge in [0, 0.05) is 31.0 Å². The summed E-state index contributed by atoms with van der Waals surface area (Å²) in [6.07, 6.45) is 0.765. The first-order valence-corrected chi connectivity index (χ1v) is 6.57. The Morgan fingerprint density at radius 3 is 2.70 bits per heavy atom. The highest BCUT2D eigenvalue weighted by Gasteiger charge is 2.07. The maximum atomic E-state index is 11.6. The van der Waals surface area contributed by atoms with Gasteiger partial charge in [0.05, 0.1) is 0 Å². The van der Waals surface area contributed by atoms with E-state index in [4.69, 9.17) is 10.5 Å². The number of carbonyl (C=O) groups is 2. The molecule has 110 valence electrons. The third kappa shape index (κ3) is 5.27. The molecule has 0 fully saturated rings. The van der Waals surface area contributed by atoms with Gasteiger partial charge in [0.2, 0.25) is 5.91 Å². The van der Waals surface area contributed by atoms with Gasteiger partial charge in [0.15, 0.2) is 0 Å². The van der Waals surface area contributed by atoms with Crippen molar-refractivity contribution in [1.29, 1.82) is 0 Å². The van der Waals surface area contributed by atoms with Gasteiger partial charge in [-0.1, -0.05) is 0 Å². The van der Waals surface area contributed by atoms with Crippen molar-refractivity contribution >= 4 is 17.6 Å². The number of carbonyl (C=O) groups excluding carboxylic acids is 2. The number of rotatable bonds is 7. The Balaban J connectivity index is 2.42. The number of primary amides is 1. The van der Waals surface area contributed by atoms with Crippen molar-refractivity contribution in [3.63, 3.8) is 0 Å². The van der Waals surface area contributed by atoms with E-state index in [2.05, 4.69) is 10.6 Å². The maximum absolute atomic E-state index is 11.6. The second-order valence-corrected chi connectivity index (χ2v) is 4.33. The number of urea groups is 1. The number of ether oxygens (including phenoxy) is 1. The summed E-state index contributed by atoms with van der Waals surface area (Å²) in [4.78, 5) is 22.7. The Kier molecular flexibility index (Phi) is 6.52. The average Bonchev–Trinajstić information content (AvgIpc) is 2.38. The topological polar surface area (TPSA) is 93.4 Å². The van der Waals surface area contributed by atoms with Crippen molar-refractivity contribution in [2.45, 2.75) is 20.3 Å². The highest BCUT2D eigenvalue weighted by molar-refractivity contribution is 5.95. The van der Waals surface area contributed by atoms with Crippen LogP contribution in [0.1, 0.15) is 29.3 Å². The zero-order chi connectivity index (χ0) is 15.0. The molecule has 20 heavy (non-hydrogen) atoms. The summed E-state index contributed by atoms with van der Waals surface area (Å²) in [7, 11) is 0. The lowest BCUT2D eigenvalue weighted by Gasteiger charge is -2.09. The standard InChI is InChI=1S/C14H21N3O3/c1-3-20-8-4-7-16-14(19)17-11-5-6-12(13(15)18)10(2)9-11/h5-6,9H,3-4,7-8H2,1-2H3,(H2,15,18)(H2,16,17,19). The summed E-state index contributed by atoms with van der Waals surface area (Å²) < 4.78 is 5.17. The van der Waals surface area contributed by atoms with E-state index in [0.29, 0.717) is 31.0 Å². The van der Waals surface area contributed by atoms with E-state index in [9.17, 15) is 9.59 Å². The van der Waals surface area contributed by atoms with E-state index in [1.807, 2.05) is 6.92 Å². The molecule has 0 spiro atoms. The van der Waals surface area contributed by atoms with E-state index >= 15 is 0 Å². The SMILES string of the molecule is CCOCCCNC(=O)Nc1ccc(C(N)=O)c(C)c1. The number of amides is 3. The fourth-order valence-corrected chi connectivity index (χ4v) is 1.71. The molecule has 4 N–H and O–H groups in total. The quantitative estimate of drug-likeness (QED) is 0.662. The van der Waals surface area contributed by atoms with Gasteiger partial charge in [0.25, 0.3) is 0 Å². The smallest absolute Gasteiger partial charge is 0.319 e. The molecule has 1 rings (SSSR count). The molecule has 0 heterocycles. The van der Waals surface area contributed by atoms with Crippen LogP contribution >= 0.6 is 0 Å². The van der Waals surface area contributed by atoms with Crippen LogP contribution in [0.2, 0.25) is 0 Å². The molecule has 1 aromatic carbocycles. The minimum absolute atomic E-state index is 0.285. The van der Waals surface area contributed by atoms with Gasteiger partial charge >= 0.3 is 6.03 Å². The molecular formula is C14H21N3O3. The molecule has 0 aromatic heterocycles. The fourth-order valence-electron chi connectivity index (χ4n) is 1.71. The van der Waals surface area contributed by atoms with Gasteiger partial charge < -0.3 is 21.1 Å². The van der Waals surface area contributed by atoms with E-state index < -0.39 is 5.91 Å². The summed E-state index contributed by atoms with van der Waals surface area (Å²) in [6.45, 7) is 5.55. The third-order valence-electron chi connectivity index (χ3n) is 2.70. The monoisotopic (exact) mass is 279 g/mol. The van der Waals surface area contributed by atoms with Crippen LogP contribution in [0.5, 0.6) is 0 Å². The molecule has 0 unspecified atom stereocenters. The first kappa shape index (κ1) is 16.0. The Morgan fingerprint density at radius 1 is 1.35 bits per heavy atom. The van der Waals surface area contributed by atoms with Crippen LogP contribution in [-0.2, 0) is 4.74 Å². The first-order chi connectivity index (χ1) is 9.54. The molecule has 0 aliphatic heterocycles. The van der Waals surface area contributed by atoms with Crippen LogP contribution in [0.15, 0.2) is 18.2 Å². The van der Waals surface area contributed by atoms with Crippen molar-refractivity contribution in [3.8, 4) is 0 Å². The largest absolute Gasteiger partial charge is 0.382 e. The first-order valence-electron chi connectivity index (χ1n) is 6.57. The van der Waals surface area contributed by atoms with Crippen molar-refractivity contribution in [2.24, 2.45) is 5.73 Å². The lowest BCUT2D eigenvalue weighted by molar-refractivity contribution is 0.0999. The number of nitrogens with two attached hydrogens (primary N) is 1. The number of nitrogens with one attached hydrogen (secondary N) is 2. The summed E-state index contributed by atoms with van der Waals surface area (Å²) in [5.74, 6) is -0.477. The van der Waals surface area contributed by atoms with Crippen LogP contribution in [-0.4, -0.2) is 31.7 Å². The Morgan fingerprint density at radius 2 is 2.10 bits per heavy atom. The molecule has 0 atom stereocenters. The summed E-state index contributed by atoms with van der Waals surface area (Å²) in [5.41, 5.74) is 7.02. The minimum Gasteiger partial charge on any atom is -0.382 e. The van der Waals surface area contributed by atoms with E-state index in [0.717, 1.165) is 12.0 Å². The van der Waals surface area contributed by atoms with Crippen LogP contribution in [0.4, 0.5) is 10.5 Å². The van der Waals surface area contributed by atoms with Crippen molar-refractivity contribution in [3.05, 3.63) is 29.3 Å². The number of hydrogen-bond acceptors (Lipinski definition) is 3. The van der Waals surface area contributed by atoms with Crippen molar-refractivity contribution in [2.75, 3.05) is 25.1 Å². The van der Waals surface area contributed by atoms with Gasteiger partial charge in [0.1, 0.15) is 0 Å². The predicted molar refractivity (Wildman–Crippen MR) is 77.8 cm³/mol. The highest BCUT2D eigenvalue weighted by atomic mass is 16.5. The zero-order valence-electron chi connectivity index (χ0n) is 11.9. The molecule has 0 saturated heterocycles. The molecule has 1 aromatic rings. The van der Waals surface area contributed by atoms with E-state index in [-0.39, 0.29) is 6.03 Å². The third-order valence-corrected chi connectivity index (χ3v) is 2.70. The summed E-state index contributed by atoms with van der Waals surface area (Å²) in [5, 5.41) is 5.42. The van der Waals surface area contributed by atoms with Crippen molar-refractivity contribution in [1.82, 2.24) is 5.32 Å². The molecule has 0 bridgehead atoms. The molecule has 6 heteroatoms. The maximum Gasteiger partial charge on any atom is 0.319 e.